The predicted octanol–water partition coefficient (Wildman–Crippen LogP) is 2.58. The second-order valence-corrected chi connectivity index (χ2v) is 6.17. The number of hydrogen-bond donors (Lipinski definition) is 1. The first-order valence-electron chi connectivity index (χ1n) is 8.32. The third-order valence-corrected chi connectivity index (χ3v) is 4.60. The van der Waals surface area contributed by atoms with Crippen molar-refractivity contribution >= 4 is 5.91 Å². The summed E-state index contributed by atoms with van der Waals surface area (Å²) in [6.07, 6.45) is 4.18. The highest BCUT2D eigenvalue weighted by atomic mass is 16.5. The topological polar surface area (TPSA) is 84.0 Å². The summed E-state index contributed by atoms with van der Waals surface area (Å²) in [5, 5.41) is 15.3. The zero-order valence-corrected chi connectivity index (χ0v) is 14.4. The molecule has 1 amide bonds. The Morgan fingerprint density at radius 2 is 2.08 bits per heavy atom. The number of aromatic amines is 1. The molecule has 0 unspecified atom stereocenters. The summed E-state index contributed by atoms with van der Waals surface area (Å²) >= 11 is 0. The molecule has 7 nitrogen and oxygen atoms in total. The van der Waals surface area contributed by atoms with Gasteiger partial charge in [0.05, 0.1) is 18.8 Å². The van der Waals surface area contributed by atoms with Crippen molar-refractivity contribution in [2.24, 2.45) is 0 Å². The van der Waals surface area contributed by atoms with E-state index in [1.165, 1.54) is 7.11 Å². The van der Waals surface area contributed by atoms with Gasteiger partial charge in [-0.15, -0.1) is 10.2 Å². The summed E-state index contributed by atoms with van der Waals surface area (Å²) in [7, 11) is 1.53. The van der Waals surface area contributed by atoms with Gasteiger partial charge >= 0.3 is 0 Å². The molecule has 0 aromatic carbocycles. The number of carbonyl (C=O) groups excluding carboxylic acids is 1. The Bertz CT molecular complexity index is 691. The van der Waals surface area contributed by atoms with Gasteiger partial charge in [0.1, 0.15) is 0 Å². The lowest BCUT2D eigenvalue weighted by Crippen LogP contribution is -2.36. The van der Waals surface area contributed by atoms with Crippen molar-refractivity contribution in [1.82, 2.24) is 25.3 Å². The molecule has 1 N–H and O–H groups in total. The minimum absolute atomic E-state index is 0.0302. The smallest absolute Gasteiger partial charge is 0.274 e. The van der Waals surface area contributed by atoms with E-state index in [0.29, 0.717) is 11.6 Å². The summed E-state index contributed by atoms with van der Waals surface area (Å²) in [6.45, 7) is 4.72. The third kappa shape index (κ3) is 3.11. The van der Waals surface area contributed by atoms with E-state index >= 15 is 0 Å². The van der Waals surface area contributed by atoms with Crippen LogP contribution in [0.15, 0.2) is 12.1 Å². The van der Waals surface area contributed by atoms with Gasteiger partial charge < -0.3 is 9.64 Å². The van der Waals surface area contributed by atoms with Gasteiger partial charge in [0.25, 0.3) is 5.91 Å². The lowest BCUT2D eigenvalue weighted by Gasteiger charge is -2.30. The molecule has 1 aliphatic rings. The number of nitrogens with zero attached hydrogens (tertiary/aromatic N) is 4. The Hall–Kier alpha value is -2.44. The van der Waals surface area contributed by atoms with Crippen molar-refractivity contribution in [3.8, 4) is 5.88 Å². The summed E-state index contributed by atoms with van der Waals surface area (Å²) < 4.78 is 5.01. The fraction of sp³-hybridized carbons (Fsp3) is 0.529. The first-order chi connectivity index (χ1) is 11.6. The Morgan fingerprint density at radius 1 is 1.25 bits per heavy atom. The Morgan fingerprint density at radius 3 is 2.71 bits per heavy atom. The molecule has 0 bridgehead atoms. The number of aryl methyl sites for hydroxylation is 2. The van der Waals surface area contributed by atoms with Gasteiger partial charge in [-0.05, 0) is 32.8 Å². The maximum absolute atomic E-state index is 13.0. The molecular formula is C17H23N5O2. The van der Waals surface area contributed by atoms with E-state index in [-0.39, 0.29) is 11.9 Å². The van der Waals surface area contributed by atoms with Crippen LogP contribution in [0.25, 0.3) is 0 Å². The predicted molar refractivity (Wildman–Crippen MR) is 88.9 cm³/mol. The molecule has 1 atom stereocenters. The Balaban J connectivity index is 1.93. The second kappa shape index (κ2) is 6.98. The standard InChI is InChI=1S/C17H23N5O2/c1-11-16(12(2)19-18-11)14-7-5-4-6-10-22(14)17(23)13-8-9-15(24-3)21-20-13/h8-9,14H,4-7,10H2,1-3H3,(H,18,19)/t14-/m0/s1. The van der Waals surface area contributed by atoms with Crippen molar-refractivity contribution < 1.29 is 9.53 Å². The normalized spacial score (nSPS) is 18.3. The number of nitrogens with one attached hydrogen (secondary N) is 1. The molecular weight excluding hydrogens is 306 g/mol. The molecule has 7 heteroatoms. The van der Waals surface area contributed by atoms with E-state index in [9.17, 15) is 4.79 Å². The monoisotopic (exact) mass is 329 g/mol. The SMILES string of the molecule is COc1ccc(C(=O)N2CCCCC[C@H]2c2c(C)n[nH]c2C)nn1. The van der Waals surface area contributed by atoms with Gasteiger partial charge in [0.2, 0.25) is 5.88 Å². The first kappa shape index (κ1) is 16.4. The fourth-order valence-corrected chi connectivity index (χ4v) is 3.39. The van der Waals surface area contributed by atoms with Crippen LogP contribution in [-0.4, -0.2) is 44.9 Å². The summed E-state index contributed by atoms with van der Waals surface area (Å²) in [6, 6.07) is 3.37. The van der Waals surface area contributed by atoms with Crippen molar-refractivity contribution in [3.05, 3.63) is 34.8 Å². The molecule has 1 fully saturated rings. The third-order valence-electron chi connectivity index (χ3n) is 4.60. The second-order valence-electron chi connectivity index (χ2n) is 6.17. The zero-order chi connectivity index (χ0) is 17.1. The summed E-state index contributed by atoms with van der Waals surface area (Å²) in [5.74, 6) is 0.317. The average Bonchev–Trinajstić information content (AvgIpc) is 2.80. The number of carbonyl (C=O) groups is 1. The van der Waals surface area contributed by atoms with E-state index in [1.54, 1.807) is 12.1 Å². The average molecular weight is 329 g/mol. The van der Waals surface area contributed by atoms with E-state index in [4.69, 9.17) is 4.74 Å². The molecule has 0 radical (unpaired) electrons. The highest BCUT2D eigenvalue weighted by Gasteiger charge is 2.31. The van der Waals surface area contributed by atoms with Crippen LogP contribution in [0.3, 0.4) is 0 Å². The number of ether oxygens (including phenoxy) is 1. The van der Waals surface area contributed by atoms with E-state index < -0.39 is 0 Å². The molecule has 1 aliphatic heterocycles. The van der Waals surface area contributed by atoms with Crippen LogP contribution >= 0.6 is 0 Å². The van der Waals surface area contributed by atoms with Gasteiger partial charge in [0, 0.05) is 23.9 Å². The number of methoxy groups -OCH3 is 1. The number of amides is 1. The van der Waals surface area contributed by atoms with E-state index in [2.05, 4.69) is 20.4 Å². The largest absolute Gasteiger partial charge is 0.480 e. The van der Waals surface area contributed by atoms with Crippen LogP contribution in [0.5, 0.6) is 5.88 Å². The lowest BCUT2D eigenvalue weighted by molar-refractivity contribution is 0.0672. The highest BCUT2D eigenvalue weighted by Crippen LogP contribution is 2.34. The highest BCUT2D eigenvalue weighted by molar-refractivity contribution is 5.92. The minimum Gasteiger partial charge on any atom is -0.480 e. The molecule has 24 heavy (non-hydrogen) atoms. The van der Waals surface area contributed by atoms with Crippen LogP contribution < -0.4 is 4.74 Å². The van der Waals surface area contributed by atoms with Gasteiger partial charge in [-0.2, -0.15) is 5.10 Å². The van der Waals surface area contributed by atoms with Crippen molar-refractivity contribution in [1.29, 1.82) is 0 Å². The number of likely N-dealkylation sites (tertiary alicyclic amines) is 1. The van der Waals surface area contributed by atoms with Crippen LogP contribution in [0, 0.1) is 13.8 Å². The molecule has 1 saturated heterocycles. The molecule has 2 aromatic heterocycles. The van der Waals surface area contributed by atoms with E-state index in [0.717, 1.165) is 49.2 Å². The maximum atomic E-state index is 13.0. The summed E-state index contributed by atoms with van der Waals surface area (Å²) in [4.78, 5) is 15.0. The van der Waals surface area contributed by atoms with Gasteiger partial charge in [-0.25, -0.2) is 0 Å². The molecule has 0 saturated carbocycles. The lowest BCUT2D eigenvalue weighted by atomic mass is 9.98. The molecule has 0 spiro atoms. The number of hydrogen-bond acceptors (Lipinski definition) is 5. The van der Waals surface area contributed by atoms with Crippen molar-refractivity contribution in [2.45, 2.75) is 45.6 Å². The maximum Gasteiger partial charge on any atom is 0.274 e. The first-order valence-corrected chi connectivity index (χ1v) is 8.32. The van der Waals surface area contributed by atoms with Gasteiger partial charge in [0.15, 0.2) is 5.69 Å². The van der Waals surface area contributed by atoms with Gasteiger partial charge in [-0.3, -0.25) is 9.89 Å². The van der Waals surface area contributed by atoms with Crippen molar-refractivity contribution in [3.63, 3.8) is 0 Å². The summed E-state index contributed by atoms with van der Waals surface area (Å²) in [5.41, 5.74) is 3.46. The molecule has 0 aliphatic carbocycles. The number of aromatic nitrogens is 4. The Labute approximate surface area is 141 Å². The van der Waals surface area contributed by atoms with Gasteiger partial charge in [-0.1, -0.05) is 12.8 Å². The van der Waals surface area contributed by atoms with E-state index in [1.807, 2.05) is 18.7 Å². The molecule has 3 rings (SSSR count). The molecule has 2 aromatic rings. The van der Waals surface area contributed by atoms with Crippen LogP contribution in [-0.2, 0) is 0 Å². The number of H-pyrrole nitrogens is 1. The van der Waals surface area contributed by atoms with Crippen LogP contribution in [0.1, 0.15) is 59.2 Å². The number of rotatable bonds is 3. The molecule has 128 valence electrons. The zero-order valence-electron chi connectivity index (χ0n) is 14.4. The molecule has 3 heterocycles. The fourth-order valence-electron chi connectivity index (χ4n) is 3.39. The minimum atomic E-state index is -0.0861. The van der Waals surface area contributed by atoms with Crippen LogP contribution in [0.4, 0.5) is 0 Å². The van der Waals surface area contributed by atoms with Crippen molar-refractivity contribution in [2.75, 3.05) is 13.7 Å². The quantitative estimate of drug-likeness (QED) is 0.935. The Kier molecular flexibility index (Phi) is 4.78. The van der Waals surface area contributed by atoms with Crippen LogP contribution in [0.2, 0.25) is 0 Å².